The molecular weight excluding hydrogens is 273 g/mol. The third kappa shape index (κ3) is 3.60. The Morgan fingerprint density at radius 2 is 2.00 bits per heavy atom. The highest BCUT2D eigenvalue weighted by molar-refractivity contribution is 5.96. The van der Waals surface area contributed by atoms with E-state index in [9.17, 15) is 14.0 Å². The Kier molecular flexibility index (Phi) is 4.94. The summed E-state index contributed by atoms with van der Waals surface area (Å²) in [6, 6.07) is 4.44. The number of hydrogen-bond acceptors (Lipinski definition) is 3. The first-order valence-corrected chi connectivity index (χ1v) is 7.17. The summed E-state index contributed by atoms with van der Waals surface area (Å²) >= 11 is 0. The summed E-state index contributed by atoms with van der Waals surface area (Å²) < 4.78 is 18.3. The lowest BCUT2D eigenvalue weighted by Crippen LogP contribution is -2.42. The molecular formula is C16H20FNO3. The number of halogens is 1. The van der Waals surface area contributed by atoms with Crippen LogP contribution in [0.1, 0.15) is 41.6 Å². The number of hydrogen-bond donors (Lipinski definition) is 0. The Morgan fingerprint density at radius 3 is 2.57 bits per heavy atom. The molecule has 0 spiro atoms. The van der Waals surface area contributed by atoms with Crippen LogP contribution >= 0.6 is 0 Å². The van der Waals surface area contributed by atoms with Gasteiger partial charge in [0.2, 0.25) is 0 Å². The van der Waals surface area contributed by atoms with E-state index in [-0.39, 0.29) is 24.1 Å². The summed E-state index contributed by atoms with van der Waals surface area (Å²) in [5, 5.41) is 0. The molecule has 1 aliphatic rings. The molecule has 1 fully saturated rings. The number of ether oxygens (including phenoxy) is 1. The molecule has 4 nitrogen and oxygen atoms in total. The Morgan fingerprint density at radius 1 is 1.33 bits per heavy atom. The van der Waals surface area contributed by atoms with Crippen molar-refractivity contribution in [2.45, 2.75) is 38.6 Å². The average Bonchev–Trinajstić information content (AvgIpc) is 3.00. The zero-order valence-corrected chi connectivity index (χ0v) is 12.4. The van der Waals surface area contributed by atoms with Gasteiger partial charge in [-0.15, -0.1) is 0 Å². The van der Waals surface area contributed by atoms with Crippen molar-refractivity contribution in [3.8, 4) is 0 Å². The van der Waals surface area contributed by atoms with E-state index in [0.717, 1.165) is 25.7 Å². The van der Waals surface area contributed by atoms with Gasteiger partial charge in [-0.2, -0.15) is 0 Å². The lowest BCUT2D eigenvalue weighted by Gasteiger charge is -2.28. The van der Waals surface area contributed by atoms with Crippen LogP contribution in [0, 0.1) is 12.7 Å². The minimum absolute atomic E-state index is 0.0287. The molecule has 0 aliphatic heterocycles. The zero-order valence-electron chi connectivity index (χ0n) is 12.4. The predicted octanol–water partition coefficient (Wildman–Crippen LogP) is 2.69. The SMILES string of the molecule is COC(=O)CN(C(=O)c1ccc(C)c(F)c1)C1CCCC1. The van der Waals surface area contributed by atoms with Gasteiger partial charge in [0.25, 0.3) is 5.91 Å². The van der Waals surface area contributed by atoms with Gasteiger partial charge in [-0.3, -0.25) is 9.59 Å². The van der Waals surface area contributed by atoms with Crippen molar-refractivity contribution in [1.82, 2.24) is 4.90 Å². The van der Waals surface area contributed by atoms with Crippen LogP contribution < -0.4 is 0 Å². The fourth-order valence-electron chi connectivity index (χ4n) is 2.68. The van der Waals surface area contributed by atoms with E-state index in [2.05, 4.69) is 4.74 Å². The second kappa shape index (κ2) is 6.70. The molecule has 0 N–H and O–H groups in total. The lowest BCUT2D eigenvalue weighted by molar-refractivity contribution is -0.141. The zero-order chi connectivity index (χ0) is 15.4. The number of esters is 1. The van der Waals surface area contributed by atoms with Crippen molar-refractivity contribution in [2.75, 3.05) is 13.7 Å². The first-order valence-electron chi connectivity index (χ1n) is 7.17. The number of benzene rings is 1. The van der Waals surface area contributed by atoms with E-state index in [1.165, 1.54) is 18.1 Å². The van der Waals surface area contributed by atoms with Gasteiger partial charge in [-0.1, -0.05) is 18.9 Å². The summed E-state index contributed by atoms with van der Waals surface area (Å²) in [6.45, 7) is 1.56. The van der Waals surface area contributed by atoms with Gasteiger partial charge >= 0.3 is 5.97 Å². The normalized spacial score (nSPS) is 15.0. The molecule has 0 atom stereocenters. The lowest BCUT2D eigenvalue weighted by atomic mass is 10.1. The van der Waals surface area contributed by atoms with E-state index >= 15 is 0 Å². The molecule has 21 heavy (non-hydrogen) atoms. The van der Waals surface area contributed by atoms with Crippen molar-refractivity contribution in [2.24, 2.45) is 0 Å². The van der Waals surface area contributed by atoms with Gasteiger partial charge in [0.05, 0.1) is 7.11 Å². The molecule has 0 saturated heterocycles. The van der Waals surface area contributed by atoms with Crippen molar-refractivity contribution in [1.29, 1.82) is 0 Å². The number of nitrogens with zero attached hydrogens (tertiary/aromatic N) is 1. The van der Waals surface area contributed by atoms with E-state index < -0.39 is 11.8 Å². The van der Waals surface area contributed by atoms with Crippen LogP contribution in [-0.2, 0) is 9.53 Å². The first kappa shape index (κ1) is 15.5. The Hall–Kier alpha value is -1.91. The summed E-state index contributed by atoms with van der Waals surface area (Å²) in [4.78, 5) is 25.7. The largest absolute Gasteiger partial charge is 0.468 e. The Bertz CT molecular complexity index is 538. The molecule has 5 heteroatoms. The van der Waals surface area contributed by atoms with Crippen molar-refractivity contribution in [3.63, 3.8) is 0 Å². The molecule has 0 radical (unpaired) electrons. The number of rotatable bonds is 4. The average molecular weight is 293 g/mol. The molecule has 1 amide bonds. The Labute approximate surface area is 123 Å². The molecule has 1 aliphatic carbocycles. The van der Waals surface area contributed by atoms with E-state index in [0.29, 0.717) is 5.56 Å². The molecule has 2 rings (SSSR count). The van der Waals surface area contributed by atoms with Crippen LogP contribution in [0.2, 0.25) is 0 Å². The number of carbonyl (C=O) groups excluding carboxylic acids is 2. The summed E-state index contributed by atoms with van der Waals surface area (Å²) in [5.41, 5.74) is 0.765. The minimum atomic E-state index is -0.456. The standard InChI is InChI=1S/C16H20FNO3/c1-11-7-8-12(9-14(11)17)16(20)18(10-15(19)21-2)13-5-3-4-6-13/h7-9,13H,3-6,10H2,1-2H3. The van der Waals surface area contributed by atoms with Gasteiger partial charge in [-0.05, 0) is 37.5 Å². The van der Waals surface area contributed by atoms with Gasteiger partial charge in [0.15, 0.2) is 0 Å². The van der Waals surface area contributed by atoms with Gasteiger partial charge in [0.1, 0.15) is 12.4 Å². The van der Waals surface area contributed by atoms with Crippen molar-refractivity contribution in [3.05, 3.63) is 35.1 Å². The van der Waals surface area contributed by atoms with Crippen LogP contribution in [0.5, 0.6) is 0 Å². The Balaban J connectivity index is 2.23. The third-order valence-corrected chi connectivity index (χ3v) is 3.97. The number of aryl methyl sites for hydroxylation is 1. The number of carbonyl (C=O) groups is 2. The van der Waals surface area contributed by atoms with Crippen LogP contribution in [0.25, 0.3) is 0 Å². The van der Waals surface area contributed by atoms with Crippen molar-refractivity contribution >= 4 is 11.9 Å². The molecule has 1 saturated carbocycles. The number of methoxy groups -OCH3 is 1. The molecule has 0 bridgehead atoms. The maximum Gasteiger partial charge on any atom is 0.325 e. The quantitative estimate of drug-likeness (QED) is 0.802. The smallest absolute Gasteiger partial charge is 0.325 e. The fraction of sp³-hybridized carbons (Fsp3) is 0.500. The molecule has 1 aromatic carbocycles. The van der Waals surface area contributed by atoms with Gasteiger partial charge < -0.3 is 9.64 Å². The monoisotopic (exact) mass is 293 g/mol. The second-order valence-electron chi connectivity index (χ2n) is 5.41. The number of amides is 1. The maximum atomic E-state index is 13.6. The highest BCUT2D eigenvalue weighted by Gasteiger charge is 2.29. The van der Waals surface area contributed by atoms with Crippen LogP contribution in [-0.4, -0.2) is 36.5 Å². The highest BCUT2D eigenvalue weighted by Crippen LogP contribution is 2.25. The van der Waals surface area contributed by atoms with Gasteiger partial charge in [-0.25, -0.2) is 4.39 Å². The van der Waals surface area contributed by atoms with Gasteiger partial charge in [0, 0.05) is 11.6 Å². The maximum absolute atomic E-state index is 13.6. The van der Waals surface area contributed by atoms with Crippen LogP contribution in [0.3, 0.4) is 0 Å². The van der Waals surface area contributed by atoms with E-state index in [4.69, 9.17) is 0 Å². The fourth-order valence-corrected chi connectivity index (χ4v) is 2.68. The highest BCUT2D eigenvalue weighted by atomic mass is 19.1. The van der Waals surface area contributed by atoms with Crippen LogP contribution in [0.4, 0.5) is 4.39 Å². The second-order valence-corrected chi connectivity index (χ2v) is 5.41. The summed E-state index contributed by atoms with van der Waals surface area (Å²) in [5.74, 6) is -1.18. The van der Waals surface area contributed by atoms with E-state index in [1.807, 2.05) is 0 Å². The molecule has 1 aromatic rings. The third-order valence-electron chi connectivity index (χ3n) is 3.97. The van der Waals surface area contributed by atoms with Crippen molar-refractivity contribution < 1.29 is 18.7 Å². The summed E-state index contributed by atoms with van der Waals surface area (Å²) in [6.07, 6.45) is 3.82. The molecule has 0 unspecified atom stereocenters. The molecule has 0 aromatic heterocycles. The molecule has 0 heterocycles. The topological polar surface area (TPSA) is 46.6 Å². The predicted molar refractivity (Wildman–Crippen MR) is 76.4 cm³/mol. The molecule has 114 valence electrons. The van der Waals surface area contributed by atoms with E-state index in [1.54, 1.807) is 19.1 Å². The first-order chi connectivity index (χ1) is 10.0. The van der Waals surface area contributed by atoms with Crippen LogP contribution in [0.15, 0.2) is 18.2 Å². The summed E-state index contributed by atoms with van der Waals surface area (Å²) in [7, 11) is 1.30. The minimum Gasteiger partial charge on any atom is -0.468 e.